The summed E-state index contributed by atoms with van der Waals surface area (Å²) in [6, 6.07) is 0. The lowest BCUT2D eigenvalue weighted by atomic mass is 9.77. The van der Waals surface area contributed by atoms with Crippen molar-refractivity contribution < 1.29 is 0 Å². The zero-order valence-electron chi connectivity index (χ0n) is 6.69. The van der Waals surface area contributed by atoms with Crippen molar-refractivity contribution in [3.63, 3.8) is 0 Å². The molecule has 1 rings (SSSR count). The molecule has 0 amide bonds. The summed E-state index contributed by atoms with van der Waals surface area (Å²) in [5.74, 6) is 0.631. The van der Waals surface area contributed by atoms with E-state index in [1.807, 2.05) is 0 Å². The van der Waals surface area contributed by atoms with E-state index in [0.29, 0.717) is 11.3 Å². The van der Waals surface area contributed by atoms with Crippen LogP contribution in [0, 0.1) is 11.3 Å². The van der Waals surface area contributed by atoms with Gasteiger partial charge in [-0.25, -0.2) is 0 Å². The highest BCUT2D eigenvalue weighted by Crippen LogP contribution is 2.35. The highest BCUT2D eigenvalue weighted by molar-refractivity contribution is 9.11. The van der Waals surface area contributed by atoms with Crippen molar-refractivity contribution in [3.05, 3.63) is 22.7 Å². The number of rotatable bonds is 0. The van der Waals surface area contributed by atoms with Gasteiger partial charge in [0.1, 0.15) is 0 Å². The Bertz CT molecular complexity index is 187. The Hall–Kier alpha value is -0.0400. The summed E-state index contributed by atoms with van der Waals surface area (Å²) in [4.78, 5) is 0. The van der Waals surface area contributed by atoms with Crippen LogP contribution in [0.25, 0.3) is 0 Å². The fourth-order valence-electron chi connectivity index (χ4n) is 0.955. The van der Waals surface area contributed by atoms with E-state index in [0.717, 1.165) is 0 Å². The van der Waals surface area contributed by atoms with Gasteiger partial charge >= 0.3 is 0 Å². The van der Waals surface area contributed by atoms with E-state index in [1.165, 1.54) is 4.48 Å². The molecular formula is C9H13Br. The molecule has 0 aromatic rings. The minimum absolute atomic E-state index is 0.331. The minimum atomic E-state index is 0.331. The maximum atomic E-state index is 3.45. The van der Waals surface area contributed by atoms with Crippen molar-refractivity contribution in [1.29, 1.82) is 0 Å². The van der Waals surface area contributed by atoms with Crippen LogP contribution in [0.1, 0.15) is 20.8 Å². The molecule has 0 radical (unpaired) electrons. The first kappa shape index (κ1) is 8.06. The Balaban J connectivity index is 2.84. The van der Waals surface area contributed by atoms with E-state index in [2.05, 4.69) is 54.9 Å². The van der Waals surface area contributed by atoms with Gasteiger partial charge < -0.3 is 0 Å². The molecule has 0 aromatic carbocycles. The van der Waals surface area contributed by atoms with Gasteiger partial charge in [-0.15, -0.1) is 0 Å². The monoisotopic (exact) mass is 200 g/mol. The maximum absolute atomic E-state index is 3.45. The van der Waals surface area contributed by atoms with Crippen LogP contribution in [0.5, 0.6) is 0 Å². The molecule has 0 spiro atoms. The SMILES string of the molecule is CC1C=C(Br)C=CC1(C)C. The van der Waals surface area contributed by atoms with E-state index in [9.17, 15) is 0 Å². The Kier molecular flexibility index (Phi) is 2.04. The largest absolute Gasteiger partial charge is 0.0772 e. The number of allylic oxidation sites excluding steroid dienone is 4. The molecule has 0 nitrogen and oxygen atoms in total. The third-order valence-electron chi connectivity index (χ3n) is 2.25. The molecule has 56 valence electrons. The van der Waals surface area contributed by atoms with Crippen molar-refractivity contribution in [2.24, 2.45) is 11.3 Å². The summed E-state index contributed by atoms with van der Waals surface area (Å²) in [5, 5.41) is 0. The van der Waals surface area contributed by atoms with Gasteiger partial charge in [0, 0.05) is 4.48 Å². The van der Waals surface area contributed by atoms with Crippen molar-refractivity contribution >= 4 is 15.9 Å². The second-order valence-corrected chi connectivity index (χ2v) is 4.41. The molecule has 1 atom stereocenters. The number of halogens is 1. The van der Waals surface area contributed by atoms with Crippen LogP contribution >= 0.6 is 15.9 Å². The van der Waals surface area contributed by atoms with Gasteiger partial charge in [0.2, 0.25) is 0 Å². The zero-order valence-corrected chi connectivity index (χ0v) is 8.27. The lowest BCUT2D eigenvalue weighted by Crippen LogP contribution is -2.19. The highest BCUT2D eigenvalue weighted by Gasteiger charge is 2.23. The lowest BCUT2D eigenvalue weighted by molar-refractivity contribution is 0.363. The second kappa shape index (κ2) is 2.54. The Labute approximate surface area is 71.1 Å². The Morgan fingerprint density at radius 1 is 1.50 bits per heavy atom. The average molecular weight is 201 g/mol. The molecule has 0 saturated carbocycles. The first-order chi connectivity index (χ1) is 4.52. The third kappa shape index (κ3) is 1.51. The topological polar surface area (TPSA) is 0 Å². The molecule has 0 fully saturated rings. The summed E-state index contributed by atoms with van der Waals surface area (Å²) in [6.45, 7) is 6.75. The summed E-state index contributed by atoms with van der Waals surface area (Å²) in [6.07, 6.45) is 6.63. The molecule has 0 N–H and O–H groups in total. The second-order valence-electron chi connectivity index (χ2n) is 3.49. The molecule has 0 heterocycles. The lowest BCUT2D eigenvalue weighted by Gasteiger charge is -2.28. The van der Waals surface area contributed by atoms with Crippen LogP contribution in [-0.4, -0.2) is 0 Å². The molecule has 1 unspecified atom stereocenters. The Morgan fingerprint density at radius 3 is 2.50 bits per heavy atom. The molecule has 0 aliphatic heterocycles. The summed E-state index contributed by atoms with van der Waals surface area (Å²) in [5.41, 5.74) is 0.331. The fourth-order valence-corrected chi connectivity index (χ4v) is 1.48. The van der Waals surface area contributed by atoms with Crippen LogP contribution in [0.4, 0.5) is 0 Å². The van der Waals surface area contributed by atoms with E-state index in [4.69, 9.17) is 0 Å². The van der Waals surface area contributed by atoms with Gasteiger partial charge in [-0.3, -0.25) is 0 Å². The number of hydrogen-bond donors (Lipinski definition) is 0. The van der Waals surface area contributed by atoms with Gasteiger partial charge in [0.15, 0.2) is 0 Å². The van der Waals surface area contributed by atoms with Gasteiger partial charge in [0.05, 0.1) is 0 Å². The molecule has 1 aliphatic rings. The molecular weight excluding hydrogens is 188 g/mol. The molecule has 0 saturated heterocycles. The predicted octanol–water partition coefficient (Wildman–Crippen LogP) is 3.50. The van der Waals surface area contributed by atoms with Gasteiger partial charge in [-0.1, -0.05) is 54.9 Å². The smallest absolute Gasteiger partial charge is 0.0135 e. The van der Waals surface area contributed by atoms with Crippen LogP contribution < -0.4 is 0 Å². The van der Waals surface area contributed by atoms with Crippen molar-refractivity contribution in [3.8, 4) is 0 Å². The van der Waals surface area contributed by atoms with E-state index in [1.54, 1.807) is 0 Å². The van der Waals surface area contributed by atoms with Crippen molar-refractivity contribution in [2.75, 3.05) is 0 Å². The summed E-state index contributed by atoms with van der Waals surface area (Å²) < 4.78 is 1.21. The van der Waals surface area contributed by atoms with Crippen LogP contribution in [0.3, 0.4) is 0 Å². The molecule has 1 aliphatic carbocycles. The zero-order chi connectivity index (χ0) is 7.78. The minimum Gasteiger partial charge on any atom is -0.0772 e. The van der Waals surface area contributed by atoms with Gasteiger partial charge in [-0.05, 0) is 11.3 Å². The van der Waals surface area contributed by atoms with Crippen molar-refractivity contribution in [1.82, 2.24) is 0 Å². The standard InChI is InChI=1S/C9H13Br/c1-7-6-8(10)4-5-9(7,2)3/h4-7H,1-3H3. The predicted molar refractivity (Wildman–Crippen MR) is 49.1 cm³/mol. The van der Waals surface area contributed by atoms with Gasteiger partial charge in [-0.2, -0.15) is 0 Å². The molecule has 1 heteroatoms. The molecule has 0 aromatic heterocycles. The van der Waals surface area contributed by atoms with Gasteiger partial charge in [0.25, 0.3) is 0 Å². The maximum Gasteiger partial charge on any atom is 0.0135 e. The quantitative estimate of drug-likeness (QED) is 0.562. The molecule has 0 bridgehead atoms. The van der Waals surface area contributed by atoms with Crippen LogP contribution in [0.2, 0.25) is 0 Å². The van der Waals surface area contributed by atoms with E-state index in [-0.39, 0.29) is 0 Å². The molecule has 10 heavy (non-hydrogen) atoms. The normalized spacial score (nSPS) is 30.0. The van der Waals surface area contributed by atoms with Crippen LogP contribution in [-0.2, 0) is 0 Å². The van der Waals surface area contributed by atoms with E-state index < -0.39 is 0 Å². The first-order valence-corrected chi connectivity index (χ1v) is 4.38. The first-order valence-electron chi connectivity index (χ1n) is 3.59. The Morgan fingerprint density at radius 2 is 2.10 bits per heavy atom. The van der Waals surface area contributed by atoms with Crippen LogP contribution in [0.15, 0.2) is 22.7 Å². The summed E-state index contributed by atoms with van der Waals surface area (Å²) >= 11 is 3.45. The third-order valence-corrected chi connectivity index (χ3v) is 2.78. The fraction of sp³-hybridized carbons (Fsp3) is 0.556. The van der Waals surface area contributed by atoms with Crippen molar-refractivity contribution in [2.45, 2.75) is 20.8 Å². The summed E-state index contributed by atoms with van der Waals surface area (Å²) in [7, 11) is 0. The average Bonchev–Trinajstić information content (AvgIpc) is 1.81. The number of hydrogen-bond acceptors (Lipinski definition) is 0. The van der Waals surface area contributed by atoms with E-state index >= 15 is 0 Å². The highest BCUT2D eigenvalue weighted by atomic mass is 79.9.